The Hall–Kier alpha value is -2.83. The lowest BCUT2D eigenvalue weighted by Crippen LogP contribution is -2.49. The van der Waals surface area contributed by atoms with Gasteiger partial charge in [-0.05, 0) is 18.4 Å². The Kier molecular flexibility index (Phi) is 5.78. The molecule has 1 fully saturated rings. The first-order valence-electron chi connectivity index (χ1n) is 9.09. The number of ether oxygens (including phenoxy) is 2. The first-order chi connectivity index (χ1) is 13.0. The van der Waals surface area contributed by atoms with Gasteiger partial charge in [0.1, 0.15) is 12.2 Å². The summed E-state index contributed by atoms with van der Waals surface area (Å²) in [6.45, 7) is -0.0258. The van der Waals surface area contributed by atoms with Crippen molar-refractivity contribution in [1.82, 2.24) is 4.90 Å². The van der Waals surface area contributed by atoms with E-state index in [1.54, 1.807) is 24.3 Å². The Morgan fingerprint density at radius 2 is 1.81 bits per heavy atom. The van der Waals surface area contributed by atoms with Gasteiger partial charge in [-0.3, -0.25) is 4.79 Å². The van der Waals surface area contributed by atoms with E-state index in [0.29, 0.717) is 0 Å². The number of methoxy groups -OCH3 is 1. The van der Waals surface area contributed by atoms with E-state index in [-0.39, 0.29) is 18.2 Å². The fraction of sp³-hybridized carbons (Fsp3) is 0.450. The molecule has 1 aliphatic carbocycles. The van der Waals surface area contributed by atoms with E-state index in [0.717, 1.165) is 37.7 Å². The highest BCUT2D eigenvalue weighted by molar-refractivity contribution is 6.11. The maximum Gasteiger partial charge on any atom is 0.341 e. The molecule has 0 radical (unpaired) electrons. The Bertz CT molecular complexity index is 751. The molecule has 0 unspecified atom stereocenters. The molecule has 3 rings (SSSR count). The molecule has 1 aliphatic heterocycles. The second-order valence-corrected chi connectivity index (χ2v) is 6.75. The molecule has 0 spiro atoms. The number of benzene rings is 1. The van der Waals surface area contributed by atoms with Crippen molar-refractivity contribution in [2.75, 3.05) is 7.11 Å². The second-order valence-electron chi connectivity index (χ2n) is 6.75. The number of aliphatic hydroxyl groups excluding tert-OH is 1. The van der Waals surface area contributed by atoms with Gasteiger partial charge in [-0.1, -0.05) is 49.6 Å². The summed E-state index contributed by atoms with van der Waals surface area (Å²) in [4.78, 5) is 38.9. The van der Waals surface area contributed by atoms with Crippen LogP contribution in [-0.4, -0.2) is 47.0 Å². The molecule has 7 nitrogen and oxygen atoms in total. The van der Waals surface area contributed by atoms with E-state index in [9.17, 15) is 19.5 Å². The molecule has 1 aromatic rings. The fourth-order valence-electron chi connectivity index (χ4n) is 3.71. The van der Waals surface area contributed by atoms with Crippen LogP contribution in [0.1, 0.15) is 37.7 Å². The van der Waals surface area contributed by atoms with Gasteiger partial charge in [0.15, 0.2) is 11.8 Å². The quantitative estimate of drug-likeness (QED) is 0.796. The van der Waals surface area contributed by atoms with Gasteiger partial charge in [0.05, 0.1) is 7.11 Å². The topological polar surface area (TPSA) is 93.1 Å². The Morgan fingerprint density at radius 1 is 1.15 bits per heavy atom. The van der Waals surface area contributed by atoms with Crippen LogP contribution in [0.2, 0.25) is 0 Å². The smallest absolute Gasteiger partial charge is 0.341 e. The zero-order valence-corrected chi connectivity index (χ0v) is 15.2. The van der Waals surface area contributed by atoms with E-state index in [2.05, 4.69) is 0 Å². The third-order valence-corrected chi connectivity index (χ3v) is 5.07. The first-order valence-corrected chi connectivity index (χ1v) is 9.09. The Balaban J connectivity index is 1.83. The summed E-state index contributed by atoms with van der Waals surface area (Å²) in [6.07, 6.45) is 4.36. The highest BCUT2D eigenvalue weighted by atomic mass is 16.5. The largest absolute Gasteiger partial charge is 0.503 e. The number of nitrogens with zero attached hydrogens (tertiary/aromatic N) is 1. The van der Waals surface area contributed by atoms with Crippen molar-refractivity contribution in [2.24, 2.45) is 0 Å². The monoisotopic (exact) mass is 373 g/mol. The highest BCUT2D eigenvalue weighted by Crippen LogP contribution is 2.34. The zero-order valence-electron chi connectivity index (χ0n) is 15.2. The predicted octanol–water partition coefficient (Wildman–Crippen LogP) is 2.26. The van der Waals surface area contributed by atoms with Crippen LogP contribution in [0.3, 0.4) is 0 Å². The lowest BCUT2D eigenvalue weighted by atomic mass is 9.93. The van der Waals surface area contributed by atoms with Crippen LogP contribution in [0.15, 0.2) is 41.7 Å². The Labute approximate surface area is 157 Å². The van der Waals surface area contributed by atoms with Gasteiger partial charge >= 0.3 is 11.9 Å². The average Bonchev–Trinajstić information content (AvgIpc) is 2.98. The predicted molar refractivity (Wildman–Crippen MR) is 95.4 cm³/mol. The maximum atomic E-state index is 12.6. The summed E-state index contributed by atoms with van der Waals surface area (Å²) in [5.41, 5.74) is 0.419. The summed E-state index contributed by atoms with van der Waals surface area (Å²) >= 11 is 0. The van der Waals surface area contributed by atoms with Crippen LogP contribution in [-0.2, 0) is 30.5 Å². The molecular weight excluding hydrogens is 350 g/mol. The van der Waals surface area contributed by atoms with E-state index in [1.165, 1.54) is 12.0 Å². The van der Waals surface area contributed by atoms with Crippen molar-refractivity contribution >= 4 is 17.8 Å². The molecule has 0 aromatic heterocycles. The molecule has 144 valence electrons. The maximum absolute atomic E-state index is 12.6. The summed E-state index contributed by atoms with van der Waals surface area (Å²) in [7, 11) is 1.19. The van der Waals surface area contributed by atoms with Crippen molar-refractivity contribution < 1.29 is 29.0 Å². The number of amides is 1. The number of carbonyl (C=O) groups is 3. The minimum Gasteiger partial charge on any atom is -0.503 e. The van der Waals surface area contributed by atoms with Gasteiger partial charge in [-0.2, -0.15) is 0 Å². The van der Waals surface area contributed by atoms with Gasteiger partial charge in [0, 0.05) is 6.04 Å². The van der Waals surface area contributed by atoms with Crippen LogP contribution in [0, 0.1) is 0 Å². The van der Waals surface area contributed by atoms with Gasteiger partial charge in [-0.15, -0.1) is 0 Å². The molecule has 1 atom stereocenters. The molecule has 2 aliphatic rings. The third-order valence-electron chi connectivity index (χ3n) is 5.07. The van der Waals surface area contributed by atoms with Crippen LogP contribution >= 0.6 is 0 Å². The summed E-state index contributed by atoms with van der Waals surface area (Å²) < 4.78 is 10.1. The molecule has 7 heteroatoms. The number of rotatable bonds is 5. The van der Waals surface area contributed by atoms with E-state index < -0.39 is 29.6 Å². The van der Waals surface area contributed by atoms with Crippen molar-refractivity contribution in [1.29, 1.82) is 0 Å². The Morgan fingerprint density at radius 3 is 2.44 bits per heavy atom. The highest BCUT2D eigenvalue weighted by Gasteiger charge is 2.50. The van der Waals surface area contributed by atoms with Crippen LogP contribution < -0.4 is 0 Å². The van der Waals surface area contributed by atoms with Crippen LogP contribution in [0.4, 0.5) is 0 Å². The van der Waals surface area contributed by atoms with Crippen molar-refractivity contribution in [3.63, 3.8) is 0 Å². The second kappa shape index (κ2) is 8.24. The standard InChI is InChI=1S/C20H23NO6/c1-26-20(25)16-15(19(24)27-12-13-8-4-2-5-9-13)17(22)18(23)21(16)14-10-6-3-7-11-14/h2,4-5,8-9,14,16,22H,3,6-7,10-12H2,1H3/t16-/m1/s1. The zero-order chi connectivity index (χ0) is 19.4. The van der Waals surface area contributed by atoms with E-state index >= 15 is 0 Å². The minimum absolute atomic E-state index is 0.0258. The van der Waals surface area contributed by atoms with Crippen LogP contribution in [0.25, 0.3) is 0 Å². The lowest BCUT2D eigenvalue weighted by molar-refractivity contribution is -0.153. The minimum atomic E-state index is -1.27. The van der Waals surface area contributed by atoms with Crippen molar-refractivity contribution in [3.8, 4) is 0 Å². The van der Waals surface area contributed by atoms with Crippen molar-refractivity contribution in [2.45, 2.75) is 50.8 Å². The summed E-state index contributed by atoms with van der Waals surface area (Å²) in [6, 6.07) is 7.54. The SMILES string of the molecule is COC(=O)[C@H]1C(C(=O)OCc2ccccc2)=C(O)C(=O)N1C1CCCCC1. The number of carbonyl (C=O) groups excluding carboxylic acids is 3. The average molecular weight is 373 g/mol. The molecule has 27 heavy (non-hydrogen) atoms. The van der Waals surface area contributed by atoms with Gasteiger partial charge < -0.3 is 19.5 Å². The third kappa shape index (κ3) is 3.82. The molecule has 1 N–H and O–H groups in total. The molecule has 0 bridgehead atoms. The van der Waals surface area contributed by atoms with Crippen molar-refractivity contribution in [3.05, 3.63) is 47.2 Å². The van der Waals surface area contributed by atoms with Gasteiger partial charge in [0.2, 0.25) is 0 Å². The summed E-state index contributed by atoms with van der Waals surface area (Å²) in [5, 5.41) is 10.3. The number of aliphatic hydroxyl groups is 1. The lowest BCUT2D eigenvalue weighted by Gasteiger charge is -2.34. The van der Waals surface area contributed by atoms with Gasteiger partial charge in [-0.25, -0.2) is 9.59 Å². The summed E-state index contributed by atoms with van der Waals surface area (Å²) in [5.74, 6) is -3.10. The van der Waals surface area contributed by atoms with Gasteiger partial charge in [0.25, 0.3) is 5.91 Å². The number of hydrogen-bond donors (Lipinski definition) is 1. The molecular formula is C20H23NO6. The molecule has 1 heterocycles. The van der Waals surface area contributed by atoms with Crippen LogP contribution in [0.5, 0.6) is 0 Å². The fourth-order valence-corrected chi connectivity index (χ4v) is 3.71. The number of esters is 2. The van der Waals surface area contributed by atoms with E-state index in [4.69, 9.17) is 9.47 Å². The first kappa shape index (κ1) is 18.9. The normalized spacial score (nSPS) is 20.7. The number of hydrogen-bond acceptors (Lipinski definition) is 6. The van der Waals surface area contributed by atoms with E-state index in [1.807, 2.05) is 6.07 Å². The molecule has 1 saturated carbocycles. The molecule has 1 amide bonds. The molecule has 1 aromatic carbocycles. The molecule has 0 saturated heterocycles.